The van der Waals surface area contributed by atoms with Crippen LogP contribution in [0.15, 0.2) is 101 Å². The lowest BCUT2D eigenvalue weighted by atomic mass is 10.3. The molecule has 0 saturated heterocycles. The summed E-state index contributed by atoms with van der Waals surface area (Å²) in [6.07, 6.45) is 0. The van der Waals surface area contributed by atoms with Crippen molar-refractivity contribution in [2.24, 2.45) is 16.1 Å². The molecule has 5 N–H and O–H groups in total. The number of nitrogen functional groups attached to an aromatic ring is 1. The summed E-state index contributed by atoms with van der Waals surface area (Å²) in [6.45, 7) is 0. The van der Waals surface area contributed by atoms with E-state index in [1.807, 2.05) is 91.0 Å². The highest BCUT2D eigenvalue weighted by Crippen LogP contribution is 2.16. The number of hydrogen-bond acceptors (Lipinski definition) is 6. The van der Waals surface area contributed by atoms with E-state index in [2.05, 4.69) is 15.7 Å². The van der Waals surface area contributed by atoms with Crippen LogP contribution in [-0.4, -0.2) is 17.5 Å². The first-order chi connectivity index (χ1) is 12.9. The number of anilines is 1. The number of hydrogen-bond donors (Lipinski definition) is 4. The van der Waals surface area contributed by atoms with Gasteiger partial charge in [-0.2, -0.15) is 18.6 Å². The number of rotatable bonds is 3. The SMILES string of the molecule is NNc1ccccc1.O=S(=O)(O)O.c1ccc(N=Nc2ccccc2)cc1. The first-order valence-electron chi connectivity index (χ1n) is 7.62. The van der Waals surface area contributed by atoms with Crippen LogP contribution < -0.4 is 11.3 Å². The van der Waals surface area contributed by atoms with E-state index in [4.69, 9.17) is 23.4 Å². The minimum atomic E-state index is -4.67. The smallest absolute Gasteiger partial charge is 0.324 e. The average Bonchev–Trinajstić information content (AvgIpc) is 2.68. The molecule has 8 nitrogen and oxygen atoms in total. The summed E-state index contributed by atoms with van der Waals surface area (Å²) >= 11 is 0. The molecule has 3 aromatic carbocycles. The molecule has 0 saturated carbocycles. The summed E-state index contributed by atoms with van der Waals surface area (Å²) < 4.78 is 31.6. The lowest BCUT2D eigenvalue weighted by Gasteiger charge is -1.94. The summed E-state index contributed by atoms with van der Waals surface area (Å²) in [6, 6.07) is 29.0. The van der Waals surface area contributed by atoms with E-state index in [0.29, 0.717) is 0 Å². The third kappa shape index (κ3) is 12.8. The van der Waals surface area contributed by atoms with Crippen molar-refractivity contribution in [1.29, 1.82) is 0 Å². The molecule has 0 bridgehead atoms. The van der Waals surface area contributed by atoms with Crippen molar-refractivity contribution >= 4 is 27.5 Å². The fraction of sp³-hybridized carbons (Fsp3) is 0. The van der Waals surface area contributed by atoms with Crippen LogP contribution in [0.4, 0.5) is 17.1 Å². The van der Waals surface area contributed by atoms with E-state index in [9.17, 15) is 0 Å². The number of nitrogens with two attached hydrogens (primary N) is 1. The van der Waals surface area contributed by atoms with Gasteiger partial charge in [0.15, 0.2) is 0 Å². The van der Waals surface area contributed by atoms with Gasteiger partial charge < -0.3 is 5.43 Å². The van der Waals surface area contributed by atoms with Crippen LogP contribution in [0.2, 0.25) is 0 Å². The minimum absolute atomic E-state index is 0.872. The maximum atomic E-state index is 8.74. The first-order valence-corrected chi connectivity index (χ1v) is 9.01. The fourth-order valence-electron chi connectivity index (χ4n) is 1.64. The summed E-state index contributed by atoms with van der Waals surface area (Å²) in [5.74, 6) is 5.10. The molecule has 9 heteroatoms. The molecule has 0 amide bonds. The van der Waals surface area contributed by atoms with Gasteiger partial charge in [-0.1, -0.05) is 54.6 Å². The molecule has 0 radical (unpaired) electrons. The monoisotopic (exact) mass is 388 g/mol. The predicted molar refractivity (Wildman–Crippen MR) is 105 cm³/mol. The van der Waals surface area contributed by atoms with Crippen LogP contribution in [0.5, 0.6) is 0 Å². The molecule has 3 aromatic rings. The predicted octanol–water partition coefficient (Wildman–Crippen LogP) is 4.42. The number of benzene rings is 3. The van der Waals surface area contributed by atoms with E-state index in [1.165, 1.54) is 0 Å². The molecule has 0 heterocycles. The zero-order valence-corrected chi connectivity index (χ0v) is 15.1. The molecular weight excluding hydrogens is 368 g/mol. The fourth-order valence-corrected chi connectivity index (χ4v) is 1.64. The maximum absolute atomic E-state index is 8.74. The molecular formula is C18H20N4O4S. The van der Waals surface area contributed by atoms with Crippen molar-refractivity contribution in [1.82, 2.24) is 0 Å². The number of nitrogens with zero attached hydrogens (tertiary/aromatic N) is 2. The number of nitrogens with one attached hydrogen (secondary N) is 1. The van der Waals surface area contributed by atoms with Crippen LogP contribution in [0.3, 0.4) is 0 Å². The van der Waals surface area contributed by atoms with Crippen LogP contribution in [0.25, 0.3) is 0 Å². The summed E-state index contributed by atoms with van der Waals surface area (Å²) in [4.78, 5) is 0. The van der Waals surface area contributed by atoms with Gasteiger partial charge in [0.1, 0.15) is 0 Å². The highest BCUT2D eigenvalue weighted by molar-refractivity contribution is 7.79. The Morgan fingerprint density at radius 1 is 0.667 bits per heavy atom. The van der Waals surface area contributed by atoms with Gasteiger partial charge in [0.25, 0.3) is 0 Å². The molecule has 0 unspecified atom stereocenters. The van der Waals surface area contributed by atoms with Gasteiger partial charge in [0, 0.05) is 5.69 Å². The Labute approximate surface area is 157 Å². The van der Waals surface area contributed by atoms with Crippen molar-refractivity contribution in [3.63, 3.8) is 0 Å². The van der Waals surface area contributed by atoms with Gasteiger partial charge in [-0.3, -0.25) is 14.9 Å². The van der Waals surface area contributed by atoms with Crippen LogP contribution in [-0.2, 0) is 10.4 Å². The molecule has 142 valence electrons. The Kier molecular flexibility index (Phi) is 9.97. The van der Waals surface area contributed by atoms with Gasteiger partial charge in [0.2, 0.25) is 0 Å². The Balaban J connectivity index is 0.000000237. The highest BCUT2D eigenvalue weighted by atomic mass is 32.3. The molecule has 0 spiro atoms. The quantitative estimate of drug-likeness (QED) is 0.227. The van der Waals surface area contributed by atoms with Gasteiger partial charge in [-0.15, -0.1) is 0 Å². The molecule has 0 aromatic heterocycles. The largest absolute Gasteiger partial charge is 0.394 e. The maximum Gasteiger partial charge on any atom is 0.394 e. The van der Waals surface area contributed by atoms with Gasteiger partial charge in [0.05, 0.1) is 11.4 Å². The Bertz CT molecular complexity index is 841. The van der Waals surface area contributed by atoms with Crippen molar-refractivity contribution in [3.8, 4) is 0 Å². The van der Waals surface area contributed by atoms with E-state index in [-0.39, 0.29) is 0 Å². The highest BCUT2D eigenvalue weighted by Gasteiger charge is 1.87. The summed E-state index contributed by atoms with van der Waals surface area (Å²) in [7, 11) is -4.67. The third-order valence-corrected chi connectivity index (χ3v) is 2.73. The summed E-state index contributed by atoms with van der Waals surface area (Å²) in [5, 5.41) is 8.20. The van der Waals surface area contributed by atoms with Crippen molar-refractivity contribution in [2.45, 2.75) is 0 Å². The van der Waals surface area contributed by atoms with E-state index in [0.717, 1.165) is 17.1 Å². The zero-order chi connectivity index (χ0) is 20.0. The van der Waals surface area contributed by atoms with E-state index in [1.54, 1.807) is 0 Å². The van der Waals surface area contributed by atoms with Crippen molar-refractivity contribution < 1.29 is 17.5 Å². The van der Waals surface area contributed by atoms with Crippen LogP contribution >= 0.6 is 0 Å². The van der Waals surface area contributed by atoms with Crippen LogP contribution in [0.1, 0.15) is 0 Å². The Morgan fingerprint density at radius 3 is 1.22 bits per heavy atom. The average molecular weight is 388 g/mol. The number of azo groups is 1. The second-order valence-electron chi connectivity index (χ2n) is 4.83. The molecule has 3 rings (SSSR count). The molecule has 27 heavy (non-hydrogen) atoms. The van der Waals surface area contributed by atoms with Gasteiger partial charge in [-0.05, 0) is 36.4 Å². The van der Waals surface area contributed by atoms with Crippen molar-refractivity contribution in [2.75, 3.05) is 5.43 Å². The van der Waals surface area contributed by atoms with E-state index >= 15 is 0 Å². The number of hydrazine groups is 1. The zero-order valence-electron chi connectivity index (χ0n) is 14.3. The molecule has 0 aliphatic heterocycles. The first kappa shape index (κ1) is 21.9. The van der Waals surface area contributed by atoms with Gasteiger partial charge >= 0.3 is 10.4 Å². The summed E-state index contributed by atoms with van der Waals surface area (Å²) in [5.41, 5.74) is 5.21. The molecule has 0 atom stereocenters. The second kappa shape index (κ2) is 12.3. The normalized spacial score (nSPS) is 10.2. The van der Waals surface area contributed by atoms with Gasteiger partial charge in [-0.25, -0.2) is 0 Å². The van der Waals surface area contributed by atoms with Crippen molar-refractivity contribution in [3.05, 3.63) is 91.0 Å². The lowest BCUT2D eigenvalue weighted by molar-refractivity contribution is 0.381. The third-order valence-electron chi connectivity index (χ3n) is 2.73. The molecule has 0 aliphatic rings. The standard InChI is InChI=1S/C12H10N2.C6H8N2.H2O4S/c1-3-7-11(8-4-1)13-14-12-9-5-2-6-10-12;7-8-6-4-2-1-3-5-6;1-5(2,3)4/h1-10H;1-5,8H,7H2;(H2,1,2,3,4). The molecule has 0 aliphatic carbocycles. The van der Waals surface area contributed by atoms with E-state index < -0.39 is 10.4 Å². The Hall–Kier alpha value is -3.11. The topological polar surface area (TPSA) is 137 Å². The Morgan fingerprint density at radius 2 is 0.963 bits per heavy atom. The number of para-hydroxylation sites is 1. The second-order valence-corrected chi connectivity index (χ2v) is 5.72. The van der Waals surface area contributed by atoms with Crippen LogP contribution in [0, 0.1) is 0 Å². The lowest BCUT2D eigenvalue weighted by Crippen LogP contribution is -2.05. The minimum Gasteiger partial charge on any atom is -0.324 e. The molecule has 0 fully saturated rings.